The van der Waals surface area contributed by atoms with Gasteiger partial charge >= 0.3 is 0 Å². The van der Waals surface area contributed by atoms with E-state index >= 15 is 0 Å². The maximum absolute atomic E-state index is 3.36. The smallest absolute Gasteiger partial charge is 0.109 e. The molecule has 2 aromatic carbocycles. The van der Waals surface area contributed by atoms with E-state index < -0.39 is 0 Å². The van der Waals surface area contributed by atoms with Crippen molar-refractivity contribution in [1.82, 2.24) is 4.98 Å². The van der Waals surface area contributed by atoms with E-state index in [4.69, 9.17) is 0 Å². The number of rotatable bonds is 2. The van der Waals surface area contributed by atoms with Gasteiger partial charge in [0.25, 0.3) is 0 Å². The summed E-state index contributed by atoms with van der Waals surface area (Å²) in [5.41, 5.74) is 2.61. The quantitative estimate of drug-likeness (QED) is 0.680. The molecule has 1 aliphatic heterocycles. The fourth-order valence-corrected chi connectivity index (χ4v) is 2.99. The maximum atomic E-state index is 3.36. The zero-order valence-corrected chi connectivity index (χ0v) is 11.3. The third-order valence-corrected chi connectivity index (χ3v) is 4.03. The minimum absolute atomic E-state index is 1.02. The van der Waals surface area contributed by atoms with Crippen molar-refractivity contribution in [1.29, 1.82) is 0 Å². The highest BCUT2D eigenvalue weighted by molar-refractivity contribution is 5.82. The molecule has 1 unspecified atom stereocenters. The Morgan fingerprint density at radius 3 is 2.70 bits per heavy atom. The third kappa shape index (κ3) is 1.95. The van der Waals surface area contributed by atoms with Gasteiger partial charge in [0.1, 0.15) is 19.3 Å². The van der Waals surface area contributed by atoms with Crippen molar-refractivity contribution in [2.75, 3.05) is 6.54 Å². The number of H-pyrrole nitrogens is 1. The zero-order chi connectivity index (χ0) is 13.4. The van der Waals surface area contributed by atoms with E-state index in [0.717, 1.165) is 13.1 Å². The third-order valence-electron chi connectivity index (χ3n) is 4.03. The average Bonchev–Trinajstić information content (AvgIpc) is 2.91. The predicted octanol–water partition coefficient (Wildman–Crippen LogP) is 0.785. The average molecular weight is 261 g/mol. The maximum Gasteiger partial charge on any atom is 0.109 e. The van der Waals surface area contributed by atoms with Crippen LogP contribution in [0.3, 0.4) is 0 Å². The molecule has 2 N–H and O–H groups in total. The Bertz CT molecular complexity index is 874. The molecule has 2 nitrogen and oxygen atoms in total. The molecule has 3 aromatic rings. The van der Waals surface area contributed by atoms with Gasteiger partial charge in [-0.3, -0.25) is 0 Å². The Balaban J connectivity index is 1.69. The summed E-state index contributed by atoms with van der Waals surface area (Å²) in [4.78, 5) is 4.84. The number of quaternary nitrogens is 1. The van der Waals surface area contributed by atoms with Crippen LogP contribution in [0.25, 0.3) is 23.2 Å². The summed E-state index contributed by atoms with van der Waals surface area (Å²) in [6.07, 6.45) is 6.82. The van der Waals surface area contributed by atoms with Gasteiger partial charge in [0.2, 0.25) is 0 Å². The fraction of sp³-hybridized carbons (Fsp3) is 0.111. The number of fused-ring (bicyclic) bond motifs is 2. The van der Waals surface area contributed by atoms with Crippen LogP contribution in [-0.4, -0.2) is 11.5 Å². The summed E-state index contributed by atoms with van der Waals surface area (Å²) in [6.45, 7) is 2.07. The first-order chi connectivity index (χ1) is 9.90. The Labute approximate surface area is 117 Å². The SMILES string of the molecule is C1=c2ccccc2=C[NH+](Cc2c[nH]c3ccccc23)C1. The summed E-state index contributed by atoms with van der Waals surface area (Å²) < 4.78 is 0. The van der Waals surface area contributed by atoms with Crippen molar-refractivity contribution in [3.63, 3.8) is 0 Å². The van der Waals surface area contributed by atoms with E-state index in [1.54, 1.807) is 0 Å². The molecule has 0 bridgehead atoms. The van der Waals surface area contributed by atoms with Gasteiger partial charge in [-0.25, -0.2) is 0 Å². The lowest BCUT2D eigenvalue weighted by atomic mass is 10.1. The van der Waals surface area contributed by atoms with E-state index in [-0.39, 0.29) is 0 Å². The van der Waals surface area contributed by atoms with Crippen molar-refractivity contribution in [3.8, 4) is 0 Å². The Hall–Kier alpha value is -2.32. The van der Waals surface area contributed by atoms with Crippen LogP contribution in [0.2, 0.25) is 0 Å². The van der Waals surface area contributed by atoms with Crippen LogP contribution in [0.1, 0.15) is 5.56 Å². The van der Waals surface area contributed by atoms with Crippen LogP contribution in [0.5, 0.6) is 0 Å². The summed E-state index contributed by atoms with van der Waals surface area (Å²) in [5.74, 6) is 0. The van der Waals surface area contributed by atoms with Gasteiger partial charge < -0.3 is 9.88 Å². The molecule has 0 radical (unpaired) electrons. The molecule has 1 aromatic heterocycles. The van der Waals surface area contributed by atoms with Crippen LogP contribution < -0.4 is 15.3 Å². The van der Waals surface area contributed by atoms with Gasteiger partial charge in [-0.05, 0) is 23.4 Å². The van der Waals surface area contributed by atoms with Gasteiger partial charge in [-0.2, -0.15) is 0 Å². The molecule has 2 heteroatoms. The number of nitrogens with one attached hydrogen (secondary N) is 2. The Morgan fingerprint density at radius 2 is 1.75 bits per heavy atom. The minimum atomic E-state index is 1.02. The lowest BCUT2D eigenvalue weighted by Gasteiger charge is -2.15. The topological polar surface area (TPSA) is 20.2 Å². The summed E-state index contributed by atoms with van der Waals surface area (Å²) in [6, 6.07) is 17.1. The van der Waals surface area contributed by atoms with E-state index in [1.807, 2.05) is 0 Å². The molecular formula is C18H17N2+. The molecule has 0 fully saturated rings. The molecule has 0 amide bonds. The summed E-state index contributed by atoms with van der Waals surface area (Å²) in [5, 5.41) is 4.04. The Kier molecular flexibility index (Phi) is 2.68. The first-order valence-corrected chi connectivity index (χ1v) is 7.07. The van der Waals surface area contributed by atoms with Crippen LogP contribution in [-0.2, 0) is 6.54 Å². The number of hydrogen-bond donors (Lipinski definition) is 2. The predicted molar refractivity (Wildman–Crippen MR) is 82.5 cm³/mol. The first kappa shape index (κ1) is 11.5. The standard InChI is InChI=1S/C18H16N2/c1-2-6-15-12-20(10-9-14(15)5-1)13-16-11-19-18-8-4-3-7-17(16)18/h1-9,11-12,19H,10,13H2/p+1. The molecule has 20 heavy (non-hydrogen) atoms. The molecule has 0 spiro atoms. The van der Waals surface area contributed by atoms with Crippen LogP contribution in [0.4, 0.5) is 0 Å². The second-order valence-corrected chi connectivity index (χ2v) is 5.38. The van der Waals surface area contributed by atoms with Crippen molar-refractivity contribution in [2.45, 2.75) is 6.54 Å². The molecule has 1 atom stereocenters. The van der Waals surface area contributed by atoms with Gasteiger partial charge in [0, 0.05) is 27.9 Å². The zero-order valence-electron chi connectivity index (χ0n) is 11.3. The minimum Gasteiger partial charge on any atom is -0.361 e. The fourth-order valence-electron chi connectivity index (χ4n) is 2.99. The van der Waals surface area contributed by atoms with Gasteiger partial charge in [-0.15, -0.1) is 0 Å². The van der Waals surface area contributed by atoms with E-state index in [1.165, 1.54) is 31.8 Å². The second-order valence-electron chi connectivity index (χ2n) is 5.38. The molecule has 1 aliphatic rings. The van der Waals surface area contributed by atoms with Crippen LogP contribution >= 0.6 is 0 Å². The number of hydrogen-bond acceptors (Lipinski definition) is 0. The normalized spacial score (nSPS) is 17.3. The molecule has 2 heterocycles. The molecule has 0 saturated carbocycles. The van der Waals surface area contributed by atoms with Crippen molar-refractivity contribution < 1.29 is 4.90 Å². The molecule has 4 rings (SSSR count). The van der Waals surface area contributed by atoms with Crippen molar-refractivity contribution in [3.05, 3.63) is 70.7 Å². The van der Waals surface area contributed by atoms with E-state index in [9.17, 15) is 0 Å². The monoisotopic (exact) mass is 261 g/mol. The summed E-state index contributed by atoms with van der Waals surface area (Å²) in [7, 11) is 0. The first-order valence-electron chi connectivity index (χ1n) is 7.07. The number of para-hydroxylation sites is 1. The second kappa shape index (κ2) is 4.66. The van der Waals surface area contributed by atoms with Gasteiger partial charge in [-0.1, -0.05) is 36.4 Å². The van der Waals surface area contributed by atoms with Crippen molar-refractivity contribution in [2.24, 2.45) is 0 Å². The number of aromatic amines is 1. The Morgan fingerprint density at radius 1 is 0.950 bits per heavy atom. The molecule has 0 aliphatic carbocycles. The van der Waals surface area contributed by atoms with Crippen molar-refractivity contribution >= 4 is 23.2 Å². The van der Waals surface area contributed by atoms with E-state index in [0.29, 0.717) is 0 Å². The van der Waals surface area contributed by atoms with E-state index in [2.05, 4.69) is 72.0 Å². The summed E-state index contributed by atoms with van der Waals surface area (Å²) >= 11 is 0. The lowest BCUT2D eigenvalue weighted by Crippen LogP contribution is -3.06. The highest BCUT2D eigenvalue weighted by atomic mass is 15.1. The highest BCUT2D eigenvalue weighted by Crippen LogP contribution is 2.16. The number of aromatic nitrogens is 1. The molecular weight excluding hydrogens is 244 g/mol. The largest absolute Gasteiger partial charge is 0.361 e. The molecule has 98 valence electrons. The number of benzene rings is 2. The lowest BCUT2D eigenvalue weighted by molar-refractivity contribution is -0.823. The highest BCUT2D eigenvalue weighted by Gasteiger charge is 2.12. The van der Waals surface area contributed by atoms with Crippen LogP contribution in [0.15, 0.2) is 54.7 Å². The van der Waals surface area contributed by atoms with Gasteiger partial charge in [0.05, 0.1) is 0 Å². The van der Waals surface area contributed by atoms with Gasteiger partial charge in [0.15, 0.2) is 0 Å². The van der Waals surface area contributed by atoms with Crippen LogP contribution in [0, 0.1) is 0 Å². The molecule has 0 saturated heterocycles.